The Morgan fingerprint density at radius 2 is 2.25 bits per heavy atom. The minimum Gasteiger partial charge on any atom is -0.504 e. The Hall–Kier alpha value is -0.555. The van der Waals surface area contributed by atoms with Gasteiger partial charge in [-0.05, 0) is 24.6 Å². The largest absolute Gasteiger partial charge is 0.708 e. The third-order valence-electron chi connectivity index (χ3n) is 2.35. The van der Waals surface area contributed by atoms with Crippen molar-refractivity contribution in [2.24, 2.45) is 5.92 Å². The highest BCUT2D eigenvalue weighted by molar-refractivity contribution is 7.14. The smallest absolute Gasteiger partial charge is 0.504 e. The fourth-order valence-electron chi connectivity index (χ4n) is 1.21. The molecule has 0 radical (unpaired) electrons. The highest BCUT2D eigenvalue weighted by atomic mass is 32.1. The number of thiophene rings is 1. The second-order valence-corrected chi connectivity index (χ2v) is 4.94. The van der Waals surface area contributed by atoms with Crippen LogP contribution in [-0.4, -0.2) is 23.9 Å². The molecule has 0 aliphatic rings. The molecule has 6 heteroatoms. The topological polar surface area (TPSA) is 61.7 Å². The predicted molar refractivity (Wildman–Crippen MR) is 66.3 cm³/mol. The average molecular weight is 243 g/mol. The fourth-order valence-corrected chi connectivity index (χ4v) is 2.05. The summed E-state index contributed by atoms with van der Waals surface area (Å²) in [5, 5.41) is 21.1. The van der Waals surface area contributed by atoms with E-state index in [1.165, 1.54) is 17.8 Å². The van der Waals surface area contributed by atoms with Gasteiger partial charge < -0.3 is 20.0 Å². The summed E-state index contributed by atoms with van der Waals surface area (Å²) in [5.74, 6) is 0.676. The van der Waals surface area contributed by atoms with Crippen LogP contribution < -0.4 is 9.97 Å². The molecule has 0 aliphatic carbocycles. The van der Waals surface area contributed by atoms with E-state index in [-0.39, 0.29) is 0 Å². The first-order chi connectivity index (χ1) is 7.61. The van der Waals surface area contributed by atoms with E-state index in [4.69, 9.17) is 14.7 Å². The molecule has 0 aromatic carbocycles. The number of nitrogens with one attached hydrogen (secondary N) is 1. The Balaban J connectivity index is 2.29. The van der Waals surface area contributed by atoms with Gasteiger partial charge >= 0.3 is 7.32 Å². The fraction of sp³-hybridized carbons (Fsp3) is 0.600. The van der Waals surface area contributed by atoms with Gasteiger partial charge in [0.15, 0.2) is 5.06 Å². The molecule has 1 unspecified atom stereocenters. The molecule has 90 valence electrons. The Kier molecular flexibility index (Phi) is 5.83. The van der Waals surface area contributed by atoms with Gasteiger partial charge in [-0.2, -0.15) is 0 Å². The van der Waals surface area contributed by atoms with Gasteiger partial charge in [0.1, 0.15) is 0 Å². The van der Waals surface area contributed by atoms with Crippen LogP contribution in [-0.2, 0) is 6.54 Å². The van der Waals surface area contributed by atoms with Gasteiger partial charge in [-0.25, -0.2) is 0 Å². The molecule has 0 saturated heterocycles. The zero-order valence-electron chi connectivity index (χ0n) is 9.64. The van der Waals surface area contributed by atoms with Gasteiger partial charge in [0.2, 0.25) is 0 Å². The second kappa shape index (κ2) is 6.91. The Bertz CT molecular complexity index is 306. The summed E-state index contributed by atoms with van der Waals surface area (Å²) >= 11 is 1.42. The van der Waals surface area contributed by atoms with Crippen LogP contribution >= 0.6 is 11.3 Å². The Morgan fingerprint density at radius 1 is 1.50 bits per heavy atom. The quantitative estimate of drug-likeness (QED) is 0.630. The molecular formula is C10H18BNO3S. The molecule has 3 N–H and O–H groups in total. The maximum Gasteiger partial charge on any atom is 0.708 e. The van der Waals surface area contributed by atoms with E-state index in [0.717, 1.165) is 18.0 Å². The maximum atomic E-state index is 8.62. The molecule has 0 amide bonds. The highest BCUT2D eigenvalue weighted by Gasteiger charge is 2.12. The molecule has 0 bridgehead atoms. The summed E-state index contributed by atoms with van der Waals surface area (Å²) in [6, 6.07) is 3.66. The summed E-state index contributed by atoms with van der Waals surface area (Å²) < 4.78 is 4.75. The van der Waals surface area contributed by atoms with E-state index in [1.54, 1.807) is 6.07 Å². The van der Waals surface area contributed by atoms with Crippen molar-refractivity contribution in [1.29, 1.82) is 0 Å². The number of rotatable bonds is 7. The average Bonchev–Trinajstić information content (AvgIpc) is 2.64. The van der Waals surface area contributed by atoms with E-state index < -0.39 is 7.32 Å². The van der Waals surface area contributed by atoms with Crippen LogP contribution in [0.2, 0.25) is 0 Å². The zero-order chi connectivity index (χ0) is 12.0. The molecule has 0 spiro atoms. The summed E-state index contributed by atoms with van der Waals surface area (Å²) in [5.41, 5.74) is 0. The lowest BCUT2D eigenvalue weighted by atomic mass is 10.1. The van der Waals surface area contributed by atoms with Gasteiger partial charge in [-0.15, -0.1) is 11.3 Å². The van der Waals surface area contributed by atoms with E-state index in [9.17, 15) is 0 Å². The van der Waals surface area contributed by atoms with E-state index in [1.807, 2.05) is 6.07 Å². The van der Waals surface area contributed by atoms with Crippen LogP contribution in [0.5, 0.6) is 5.06 Å². The van der Waals surface area contributed by atoms with Crippen LogP contribution in [0.3, 0.4) is 0 Å². The predicted octanol–water partition coefficient (Wildman–Crippen LogP) is 1.23. The summed E-state index contributed by atoms with van der Waals surface area (Å²) in [6.07, 6.45) is 1.17. The van der Waals surface area contributed by atoms with Crippen LogP contribution in [0.4, 0.5) is 0 Å². The monoisotopic (exact) mass is 243 g/mol. The Morgan fingerprint density at radius 3 is 2.88 bits per heavy atom. The molecule has 0 aliphatic heterocycles. The minimum absolute atomic E-state index is 0.523. The van der Waals surface area contributed by atoms with Crippen molar-refractivity contribution in [3.63, 3.8) is 0 Å². The van der Waals surface area contributed by atoms with Crippen LogP contribution in [0, 0.1) is 5.92 Å². The summed E-state index contributed by atoms with van der Waals surface area (Å²) in [6.45, 7) is 6.16. The third-order valence-corrected chi connectivity index (χ3v) is 3.32. The van der Waals surface area contributed by atoms with Crippen LogP contribution in [0.25, 0.3) is 0 Å². The van der Waals surface area contributed by atoms with Crippen molar-refractivity contribution in [2.75, 3.05) is 6.54 Å². The lowest BCUT2D eigenvalue weighted by molar-refractivity contribution is 0.292. The van der Waals surface area contributed by atoms with Gasteiger partial charge in [-0.3, -0.25) is 0 Å². The van der Waals surface area contributed by atoms with Gasteiger partial charge in [-0.1, -0.05) is 20.3 Å². The lowest BCUT2D eigenvalue weighted by Crippen LogP contribution is -2.20. The van der Waals surface area contributed by atoms with Crippen molar-refractivity contribution in [2.45, 2.75) is 26.8 Å². The standard InChI is InChI=1S/C10H18BNO3S/c1-3-8(2)6-12-7-9-4-5-10(16-9)15-11(13)14/h4-5,8,12-14H,3,6-7H2,1-2H3. The molecule has 0 fully saturated rings. The van der Waals surface area contributed by atoms with Crippen molar-refractivity contribution < 1.29 is 14.7 Å². The molecule has 16 heavy (non-hydrogen) atoms. The highest BCUT2D eigenvalue weighted by Crippen LogP contribution is 2.24. The second-order valence-electron chi connectivity index (χ2n) is 3.81. The summed E-state index contributed by atoms with van der Waals surface area (Å²) in [7, 11) is -1.74. The van der Waals surface area contributed by atoms with Crippen LogP contribution in [0.1, 0.15) is 25.1 Å². The van der Waals surface area contributed by atoms with Crippen molar-refractivity contribution >= 4 is 18.7 Å². The molecule has 1 rings (SSSR count). The Labute approximate surface area is 100 Å². The lowest BCUT2D eigenvalue weighted by Gasteiger charge is -2.08. The molecule has 1 aromatic rings. The van der Waals surface area contributed by atoms with E-state index >= 15 is 0 Å². The first-order valence-electron chi connectivity index (χ1n) is 5.44. The van der Waals surface area contributed by atoms with Crippen molar-refractivity contribution in [1.82, 2.24) is 5.32 Å². The number of hydrogen-bond acceptors (Lipinski definition) is 5. The summed E-state index contributed by atoms with van der Waals surface area (Å²) in [4.78, 5) is 1.12. The van der Waals surface area contributed by atoms with Gasteiger partial charge in [0, 0.05) is 11.4 Å². The third kappa shape index (κ3) is 4.98. The molecule has 0 saturated carbocycles. The van der Waals surface area contributed by atoms with Crippen molar-refractivity contribution in [3.05, 3.63) is 17.0 Å². The first kappa shape index (κ1) is 13.5. The molecule has 1 heterocycles. The zero-order valence-corrected chi connectivity index (χ0v) is 10.5. The van der Waals surface area contributed by atoms with E-state index in [2.05, 4.69) is 19.2 Å². The SMILES string of the molecule is CCC(C)CNCc1ccc(OB(O)O)s1. The van der Waals surface area contributed by atoms with Gasteiger partial charge in [0.25, 0.3) is 0 Å². The molecule has 1 aromatic heterocycles. The maximum absolute atomic E-state index is 8.62. The first-order valence-corrected chi connectivity index (χ1v) is 6.25. The molecule has 1 atom stereocenters. The van der Waals surface area contributed by atoms with Crippen LogP contribution in [0.15, 0.2) is 12.1 Å². The van der Waals surface area contributed by atoms with E-state index in [0.29, 0.717) is 11.0 Å². The van der Waals surface area contributed by atoms with Crippen molar-refractivity contribution in [3.8, 4) is 5.06 Å². The molecular weight excluding hydrogens is 225 g/mol. The minimum atomic E-state index is -1.74. The number of hydrogen-bond donors (Lipinski definition) is 3. The molecule has 4 nitrogen and oxygen atoms in total. The van der Waals surface area contributed by atoms with Gasteiger partial charge in [0.05, 0.1) is 0 Å². The normalized spacial score (nSPS) is 12.5.